The number of carboxylic acid groups (broad SMARTS) is 1. The van der Waals surface area contributed by atoms with E-state index in [-0.39, 0.29) is 5.91 Å². The highest BCUT2D eigenvalue weighted by Gasteiger charge is 2.55. The standard InChI is InChI=1S/C18H23NO3/c1-12(16(20)21)19-17(22)18(10-13-5-3-2-4-6-13)11-14-7-8-15(18)9-14/h2-6,12,14-15H,7-11H2,1H3,(H,19,22)(H,20,21)/t12-,14?,15?,18?/m0/s1. The molecule has 4 atom stereocenters. The third-order valence-electron chi connectivity index (χ3n) is 5.51. The predicted octanol–water partition coefficient (Wildman–Crippen LogP) is 2.62. The molecule has 1 aromatic carbocycles. The fraction of sp³-hybridized carbons (Fsp3) is 0.556. The maximum absolute atomic E-state index is 12.9. The number of nitrogens with one attached hydrogen (secondary N) is 1. The van der Waals surface area contributed by atoms with Crippen molar-refractivity contribution in [2.75, 3.05) is 0 Å². The number of benzene rings is 1. The Hall–Kier alpha value is -1.84. The van der Waals surface area contributed by atoms with Gasteiger partial charge in [-0.3, -0.25) is 9.59 Å². The summed E-state index contributed by atoms with van der Waals surface area (Å²) in [5.41, 5.74) is 0.738. The molecule has 0 radical (unpaired) electrons. The molecule has 3 unspecified atom stereocenters. The Morgan fingerprint density at radius 1 is 1.32 bits per heavy atom. The van der Waals surface area contributed by atoms with Gasteiger partial charge in [0.05, 0.1) is 5.41 Å². The van der Waals surface area contributed by atoms with Gasteiger partial charge in [-0.2, -0.15) is 0 Å². The average Bonchev–Trinajstić information content (AvgIpc) is 3.09. The van der Waals surface area contributed by atoms with Crippen LogP contribution >= 0.6 is 0 Å². The van der Waals surface area contributed by atoms with Crippen LogP contribution in [-0.4, -0.2) is 23.0 Å². The van der Waals surface area contributed by atoms with Crippen molar-refractivity contribution in [1.29, 1.82) is 0 Å². The second-order valence-corrected chi connectivity index (χ2v) is 6.93. The van der Waals surface area contributed by atoms with Crippen LogP contribution in [0.15, 0.2) is 30.3 Å². The predicted molar refractivity (Wildman–Crippen MR) is 83.3 cm³/mol. The van der Waals surface area contributed by atoms with E-state index < -0.39 is 17.4 Å². The zero-order valence-electron chi connectivity index (χ0n) is 12.9. The summed E-state index contributed by atoms with van der Waals surface area (Å²) in [6.07, 6.45) is 5.02. The molecule has 2 fully saturated rings. The molecule has 2 bridgehead atoms. The minimum Gasteiger partial charge on any atom is -0.480 e. The average molecular weight is 301 g/mol. The molecular formula is C18H23NO3. The molecule has 4 nitrogen and oxygen atoms in total. The summed E-state index contributed by atoms with van der Waals surface area (Å²) in [7, 11) is 0. The maximum atomic E-state index is 12.9. The zero-order valence-corrected chi connectivity index (χ0v) is 12.9. The van der Waals surface area contributed by atoms with E-state index in [4.69, 9.17) is 5.11 Å². The van der Waals surface area contributed by atoms with Crippen LogP contribution in [0.3, 0.4) is 0 Å². The molecule has 22 heavy (non-hydrogen) atoms. The first-order valence-corrected chi connectivity index (χ1v) is 8.09. The highest BCUT2D eigenvalue weighted by Crippen LogP contribution is 2.57. The van der Waals surface area contributed by atoms with E-state index in [1.807, 2.05) is 18.2 Å². The van der Waals surface area contributed by atoms with Gasteiger partial charge in [-0.05, 0) is 50.0 Å². The summed E-state index contributed by atoms with van der Waals surface area (Å²) >= 11 is 0. The van der Waals surface area contributed by atoms with Gasteiger partial charge in [-0.15, -0.1) is 0 Å². The second kappa shape index (κ2) is 5.75. The van der Waals surface area contributed by atoms with Crippen molar-refractivity contribution in [3.05, 3.63) is 35.9 Å². The molecule has 2 aliphatic rings. The van der Waals surface area contributed by atoms with Crippen LogP contribution in [0.1, 0.15) is 38.2 Å². The lowest BCUT2D eigenvalue weighted by Crippen LogP contribution is -2.50. The van der Waals surface area contributed by atoms with Gasteiger partial charge < -0.3 is 10.4 Å². The first kappa shape index (κ1) is 15.1. The van der Waals surface area contributed by atoms with Gasteiger partial charge in [-0.1, -0.05) is 36.8 Å². The molecule has 118 valence electrons. The SMILES string of the molecule is C[C@H](NC(=O)C1(Cc2ccccc2)CC2CCC1C2)C(=O)O. The van der Waals surface area contributed by atoms with Crippen molar-refractivity contribution in [2.24, 2.45) is 17.3 Å². The molecule has 2 aliphatic carbocycles. The summed E-state index contributed by atoms with van der Waals surface area (Å²) in [6.45, 7) is 1.53. The van der Waals surface area contributed by atoms with E-state index in [9.17, 15) is 9.59 Å². The van der Waals surface area contributed by atoms with Crippen LogP contribution in [0.5, 0.6) is 0 Å². The summed E-state index contributed by atoms with van der Waals surface area (Å²) in [4.78, 5) is 24.0. The number of carbonyl (C=O) groups excluding carboxylic acids is 1. The van der Waals surface area contributed by atoms with Crippen LogP contribution in [0.4, 0.5) is 0 Å². The number of hydrogen-bond acceptors (Lipinski definition) is 2. The molecule has 4 heteroatoms. The minimum atomic E-state index is -0.980. The van der Waals surface area contributed by atoms with Gasteiger partial charge in [0.15, 0.2) is 0 Å². The molecule has 3 rings (SSSR count). The summed E-state index contributed by atoms with van der Waals surface area (Å²) in [6, 6.07) is 9.24. The first-order chi connectivity index (χ1) is 10.5. The Labute approximate surface area is 130 Å². The van der Waals surface area contributed by atoms with E-state index in [0.29, 0.717) is 18.3 Å². The lowest BCUT2D eigenvalue weighted by Gasteiger charge is -2.37. The van der Waals surface area contributed by atoms with Gasteiger partial charge in [0, 0.05) is 0 Å². The number of carbonyl (C=O) groups is 2. The number of aliphatic carboxylic acids is 1. The molecule has 0 spiro atoms. The van der Waals surface area contributed by atoms with Crippen LogP contribution < -0.4 is 5.32 Å². The maximum Gasteiger partial charge on any atom is 0.325 e. The Morgan fingerprint density at radius 2 is 2.05 bits per heavy atom. The van der Waals surface area contributed by atoms with E-state index in [0.717, 1.165) is 24.8 Å². The van der Waals surface area contributed by atoms with Crippen LogP contribution in [0.2, 0.25) is 0 Å². The van der Waals surface area contributed by atoms with Gasteiger partial charge in [0.2, 0.25) is 5.91 Å². The largest absolute Gasteiger partial charge is 0.480 e. The van der Waals surface area contributed by atoms with Crippen molar-refractivity contribution in [1.82, 2.24) is 5.32 Å². The Kier molecular flexibility index (Phi) is 3.94. The van der Waals surface area contributed by atoms with Crippen LogP contribution in [0.25, 0.3) is 0 Å². The van der Waals surface area contributed by atoms with Crippen molar-refractivity contribution in [2.45, 2.75) is 45.1 Å². The topological polar surface area (TPSA) is 66.4 Å². The smallest absolute Gasteiger partial charge is 0.325 e. The monoisotopic (exact) mass is 301 g/mol. The van der Waals surface area contributed by atoms with E-state index in [2.05, 4.69) is 17.4 Å². The molecule has 2 saturated carbocycles. The van der Waals surface area contributed by atoms with Gasteiger partial charge in [0.1, 0.15) is 6.04 Å². The third-order valence-corrected chi connectivity index (χ3v) is 5.51. The van der Waals surface area contributed by atoms with Crippen molar-refractivity contribution < 1.29 is 14.7 Å². The molecule has 0 aliphatic heterocycles. The summed E-state index contributed by atoms with van der Waals surface area (Å²) in [5.74, 6) is -0.0388. The van der Waals surface area contributed by atoms with Gasteiger partial charge >= 0.3 is 5.97 Å². The summed E-state index contributed by atoms with van der Waals surface area (Å²) in [5, 5.41) is 11.8. The highest BCUT2D eigenvalue weighted by atomic mass is 16.4. The highest BCUT2D eigenvalue weighted by molar-refractivity contribution is 5.88. The van der Waals surface area contributed by atoms with E-state index in [1.165, 1.54) is 13.3 Å². The molecule has 0 aromatic heterocycles. The fourth-order valence-corrected chi connectivity index (χ4v) is 4.38. The lowest BCUT2D eigenvalue weighted by molar-refractivity contribution is -0.144. The van der Waals surface area contributed by atoms with E-state index in [1.54, 1.807) is 0 Å². The number of carboxylic acids is 1. The second-order valence-electron chi connectivity index (χ2n) is 6.93. The normalized spacial score (nSPS) is 31.0. The van der Waals surface area contributed by atoms with E-state index >= 15 is 0 Å². The van der Waals surface area contributed by atoms with Crippen molar-refractivity contribution in [3.63, 3.8) is 0 Å². The number of rotatable bonds is 5. The first-order valence-electron chi connectivity index (χ1n) is 8.09. The number of amides is 1. The van der Waals surface area contributed by atoms with Crippen LogP contribution in [0, 0.1) is 17.3 Å². The fourth-order valence-electron chi connectivity index (χ4n) is 4.38. The minimum absolute atomic E-state index is 0.0709. The third kappa shape index (κ3) is 2.62. The Balaban J connectivity index is 1.84. The molecule has 2 N–H and O–H groups in total. The number of hydrogen-bond donors (Lipinski definition) is 2. The molecule has 0 heterocycles. The van der Waals surface area contributed by atoms with Gasteiger partial charge in [0.25, 0.3) is 0 Å². The molecule has 1 aromatic rings. The Bertz CT molecular complexity index is 571. The molecule has 0 saturated heterocycles. The van der Waals surface area contributed by atoms with Gasteiger partial charge in [-0.25, -0.2) is 0 Å². The molecular weight excluding hydrogens is 278 g/mol. The number of fused-ring (bicyclic) bond motifs is 2. The lowest BCUT2D eigenvalue weighted by atomic mass is 9.68. The molecule has 1 amide bonds. The summed E-state index contributed by atoms with van der Waals surface area (Å²) < 4.78 is 0. The van der Waals surface area contributed by atoms with Crippen molar-refractivity contribution >= 4 is 11.9 Å². The van der Waals surface area contributed by atoms with Crippen LogP contribution in [-0.2, 0) is 16.0 Å². The Morgan fingerprint density at radius 3 is 2.59 bits per heavy atom. The zero-order chi connectivity index (χ0) is 15.7. The quantitative estimate of drug-likeness (QED) is 0.878. The van der Waals surface area contributed by atoms with Crippen molar-refractivity contribution in [3.8, 4) is 0 Å².